The largest absolute Gasteiger partial charge is 0.444 e. The minimum absolute atomic E-state index is 0.133. The molecule has 1 aliphatic rings. The fourth-order valence-corrected chi connectivity index (χ4v) is 1.69. The van der Waals surface area contributed by atoms with Crippen molar-refractivity contribution in [2.75, 3.05) is 0 Å². The van der Waals surface area contributed by atoms with Crippen molar-refractivity contribution in [1.29, 1.82) is 0 Å². The highest BCUT2D eigenvalue weighted by Crippen LogP contribution is 2.44. The zero-order valence-electron chi connectivity index (χ0n) is 8.13. The summed E-state index contributed by atoms with van der Waals surface area (Å²) in [6, 6.07) is 3.67. The van der Waals surface area contributed by atoms with Gasteiger partial charge in [0.1, 0.15) is 0 Å². The molecule has 0 spiro atoms. The minimum Gasteiger partial charge on any atom is -0.444 e. The summed E-state index contributed by atoms with van der Waals surface area (Å²) >= 11 is 3.16. The van der Waals surface area contributed by atoms with Crippen LogP contribution in [-0.4, -0.2) is 11.9 Å². The lowest BCUT2D eigenvalue weighted by Gasteiger charge is -2.04. The maximum atomic E-state index is 11.6. The van der Waals surface area contributed by atoms with E-state index in [1.807, 2.05) is 0 Å². The second kappa shape index (κ2) is 3.12. The van der Waals surface area contributed by atoms with Crippen LogP contribution in [0.5, 0.6) is 0 Å². The molecule has 0 saturated heterocycles. The lowest BCUT2D eigenvalue weighted by molar-refractivity contribution is 0.0917. The van der Waals surface area contributed by atoms with Gasteiger partial charge in [-0.1, -0.05) is 13.8 Å². The second-order valence-electron chi connectivity index (χ2n) is 4.32. The average molecular weight is 258 g/mol. The molecule has 0 aliphatic heterocycles. The Bertz CT molecular complexity index is 370. The van der Waals surface area contributed by atoms with Gasteiger partial charge < -0.3 is 9.73 Å². The molecule has 1 unspecified atom stereocenters. The SMILES string of the molecule is CC1(C)CC1NC(=O)c1ccc(Br)o1. The van der Waals surface area contributed by atoms with Gasteiger partial charge in [0.15, 0.2) is 10.4 Å². The Morgan fingerprint density at radius 1 is 1.64 bits per heavy atom. The van der Waals surface area contributed by atoms with E-state index in [-0.39, 0.29) is 11.3 Å². The lowest BCUT2D eigenvalue weighted by Crippen LogP contribution is -2.27. The van der Waals surface area contributed by atoms with Crippen LogP contribution in [0.2, 0.25) is 0 Å². The zero-order chi connectivity index (χ0) is 10.3. The Balaban J connectivity index is 1.97. The van der Waals surface area contributed by atoms with E-state index in [4.69, 9.17) is 4.42 Å². The normalized spacial score (nSPS) is 23.2. The number of halogens is 1. The number of hydrogen-bond donors (Lipinski definition) is 1. The third-order valence-electron chi connectivity index (χ3n) is 2.62. The van der Waals surface area contributed by atoms with Crippen LogP contribution in [0, 0.1) is 5.41 Å². The fraction of sp³-hybridized carbons (Fsp3) is 0.500. The van der Waals surface area contributed by atoms with Crippen LogP contribution in [0.25, 0.3) is 0 Å². The molecule has 2 rings (SSSR count). The van der Waals surface area contributed by atoms with Gasteiger partial charge in [0.25, 0.3) is 5.91 Å². The predicted octanol–water partition coefficient (Wildman–Crippen LogP) is 2.57. The minimum atomic E-state index is -0.133. The summed E-state index contributed by atoms with van der Waals surface area (Å²) in [6.45, 7) is 4.27. The topological polar surface area (TPSA) is 42.2 Å². The molecule has 1 heterocycles. The van der Waals surface area contributed by atoms with Gasteiger partial charge in [0.05, 0.1) is 0 Å². The Hall–Kier alpha value is -0.770. The molecule has 1 amide bonds. The number of hydrogen-bond acceptors (Lipinski definition) is 2. The Morgan fingerprint density at radius 2 is 2.29 bits per heavy atom. The summed E-state index contributed by atoms with van der Waals surface area (Å²) in [5, 5.41) is 2.92. The van der Waals surface area contributed by atoms with Gasteiger partial charge in [-0.3, -0.25) is 4.79 Å². The van der Waals surface area contributed by atoms with Crippen LogP contribution < -0.4 is 5.32 Å². The number of carbonyl (C=O) groups excluding carboxylic acids is 1. The molecule has 76 valence electrons. The highest BCUT2D eigenvalue weighted by atomic mass is 79.9. The average Bonchev–Trinajstić information content (AvgIpc) is 2.52. The molecule has 1 aliphatic carbocycles. The number of furan rings is 1. The van der Waals surface area contributed by atoms with Crippen LogP contribution in [0.3, 0.4) is 0 Å². The van der Waals surface area contributed by atoms with Gasteiger partial charge in [-0.25, -0.2) is 0 Å². The molecule has 4 heteroatoms. The van der Waals surface area contributed by atoms with Gasteiger partial charge in [-0.05, 0) is 39.9 Å². The molecule has 14 heavy (non-hydrogen) atoms. The summed E-state index contributed by atoms with van der Waals surface area (Å²) in [4.78, 5) is 11.6. The molecule has 0 bridgehead atoms. The van der Waals surface area contributed by atoms with Crippen molar-refractivity contribution in [1.82, 2.24) is 5.32 Å². The standard InChI is InChI=1S/C10H12BrNO2/c1-10(2)5-7(10)12-9(13)6-3-4-8(11)14-6/h3-4,7H,5H2,1-2H3,(H,12,13). The molecule has 1 aromatic heterocycles. The maximum Gasteiger partial charge on any atom is 0.287 e. The zero-order valence-corrected chi connectivity index (χ0v) is 9.72. The number of carbonyl (C=O) groups is 1. The summed E-state index contributed by atoms with van der Waals surface area (Å²) in [6.07, 6.45) is 1.04. The van der Waals surface area contributed by atoms with Crippen LogP contribution in [0.15, 0.2) is 21.2 Å². The first-order valence-electron chi connectivity index (χ1n) is 4.55. The molecule has 0 radical (unpaired) electrons. The van der Waals surface area contributed by atoms with Crippen molar-refractivity contribution in [3.05, 3.63) is 22.6 Å². The first-order valence-corrected chi connectivity index (χ1v) is 5.34. The van der Waals surface area contributed by atoms with Gasteiger partial charge >= 0.3 is 0 Å². The van der Waals surface area contributed by atoms with E-state index in [1.165, 1.54) is 0 Å². The van der Waals surface area contributed by atoms with E-state index >= 15 is 0 Å². The summed E-state index contributed by atoms with van der Waals surface area (Å²) in [5.41, 5.74) is 0.249. The van der Waals surface area contributed by atoms with Crippen LogP contribution >= 0.6 is 15.9 Å². The van der Waals surface area contributed by atoms with E-state index < -0.39 is 0 Å². The number of amides is 1. The predicted molar refractivity (Wildman–Crippen MR) is 56.1 cm³/mol. The molecular formula is C10H12BrNO2. The summed E-state index contributed by atoms with van der Waals surface area (Å²) in [7, 11) is 0. The van der Waals surface area contributed by atoms with E-state index in [1.54, 1.807) is 12.1 Å². The van der Waals surface area contributed by atoms with Crippen molar-refractivity contribution in [3.8, 4) is 0 Å². The Morgan fingerprint density at radius 3 is 2.71 bits per heavy atom. The van der Waals surface area contributed by atoms with Crippen molar-refractivity contribution in [2.24, 2.45) is 5.41 Å². The van der Waals surface area contributed by atoms with Crippen LogP contribution in [0.1, 0.15) is 30.8 Å². The summed E-state index contributed by atoms with van der Waals surface area (Å²) < 4.78 is 5.73. The van der Waals surface area contributed by atoms with Crippen molar-refractivity contribution < 1.29 is 9.21 Å². The lowest BCUT2D eigenvalue weighted by atomic mass is 10.2. The molecule has 1 aromatic rings. The first kappa shape index (κ1) is 9.77. The highest BCUT2D eigenvalue weighted by molar-refractivity contribution is 9.10. The quantitative estimate of drug-likeness (QED) is 0.885. The molecule has 1 saturated carbocycles. The molecule has 1 fully saturated rings. The monoisotopic (exact) mass is 257 g/mol. The van der Waals surface area contributed by atoms with Crippen molar-refractivity contribution >= 4 is 21.8 Å². The smallest absolute Gasteiger partial charge is 0.287 e. The first-order chi connectivity index (χ1) is 6.49. The van der Waals surface area contributed by atoms with E-state index in [2.05, 4.69) is 35.1 Å². The molecule has 3 nitrogen and oxygen atoms in total. The van der Waals surface area contributed by atoms with E-state index in [0.29, 0.717) is 16.5 Å². The van der Waals surface area contributed by atoms with Gasteiger partial charge in [-0.2, -0.15) is 0 Å². The second-order valence-corrected chi connectivity index (χ2v) is 5.10. The van der Waals surface area contributed by atoms with Gasteiger partial charge in [-0.15, -0.1) is 0 Å². The molecule has 1 N–H and O–H groups in total. The third-order valence-corrected chi connectivity index (χ3v) is 3.04. The maximum absolute atomic E-state index is 11.6. The number of rotatable bonds is 2. The van der Waals surface area contributed by atoms with Gasteiger partial charge in [0.2, 0.25) is 0 Å². The van der Waals surface area contributed by atoms with Gasteiger partial charge in [0, 0.05) is 6.04 Å². The summed E-state index contributed by atoms with van der Waals surface area (Å²) in [5.74, 6) is 0.228. The Kier molecular flexibility index (Phi) is 2.18. The van der Waals surface area contributed by atoms with Crippen molar-refractivity contribution in [2.45, 2.75) is 26.3 Å². The van der Waals surface area contributed by atoms with Crippen molar-refractivity contribution in [3.63, 3.8) is 0 Å². The number of nitrogens with one attached hydrogen (secondary N) is 1. The van der Waals surface area contributed by atoms with E-state index in [9.17, 15) is 4.79 Å². The van der Waals surface area contributed by atoms with E-state index in [0.717, 1.165) is 6.42 Å². The molecule has 0 aromatic carbocycles. The highest BCUT2D eigenvalue weighted by Gasteiger charge is 2.46. The van der Waals surface area contributed by atoms with Crippen LogP contribution in [0.4, 0.5) is 0 Å². The fourth-order valence-electron chi connectivity index (χ4n) is 1.38. The third kappa shape index (κ3) is 1.85. The Labute approximate surface area is 91.0 Å². The molecule has 1 atom stereocenters. The molecular weight excluding hydrogens is 246 g/mol. The van der Waals surface area contributed by atoms with Crippen LogP contribution in [-0.2, 0) is 0 Å².